The number of carbonyl (C=O) groups excluding carboxylic acids is 1. The molecule has 1 amide bonds. The summed E-state index contributed by atoms with van der Waals surface area (Å²) in [7, 11) is 1.97. The first-order valence-electron chi connectivity index (χ1n) is 6.73. The summed E-state index contributed by atoms with van der Waals surface area (Å²) < 4.78 is 0. The van der Waals surface area contributed by atoms with Gasteiger partial charge in [0, 0.05) is 24.8 Å². The fraction of sp³-hybridized carbons (Fsp3) is 0.571. The molecule has 0 aromatic carbocycles. The van der Waals surface area contributed by atoms with Gasteiger partial charge in [0.2, 0.25) is 0 Å². The Balaban J connectivity index is 2.40. The quantitative estimate of drug-likeness (QED) is 0.852. The molecule has 1 aromatic heterocycles. The minimum absolute atomic E-state index is 0.397. The number of likely N-dealkylation sites (N-methyl/N-ethyl adjacent to an activating group) is 1. The highest BCUT2D eigenvalue weighted by molar-refractivity contribution is 5.99. The second-order valence-electron chi connectivity index (χ2n) is 5.22. The zero-order chi connectivity index (χ0) is 14.0. The van der Waals surface area contributed by atoms with E-state index in [0.29, 0.717) is 11.6 Å². The van der Waals surface area contributed by atoms with Crippen LogP contribution in [0.15, 0.2) is 6.07 Å². The molecule has 1 aliphatic rings. The predicted molar refractivity (Wildman–Crippen MR) is 76.5 cm³/mol. The van der Waals surface area contributed by atoms with Crippen molar-refractivity contribution in [1.82, 2.24) is 10.3 Å². The van der Waals surface area contributed by atoms with Crippen LogP contribution in [-0.2, 0) is 0 Å². The average molecular weight is 262 g/mol. The number of amides is 1. The molecular formula is C14H22N4O. The first kappa shape index (κ1) is 13.8. The number of aromatic nitrogens is 1. The second kappa shape index (κ2) is 5.57. The van der Waals surface area contributed by atoms with Gasteiger partial charge in [0.15, 0.2) is 0 Å². The number of pyridine rings is 1. The van der Waals surface area contributed by atoms with Crippen LogP contribution >= 0.6 is 0 Å². The van der Waals surface area contributed by atoms with Crippen molar-refractivity contribution < 1.29 is 4.79 Å². The van der Waals surface area contributed by atoms with E-state index >= 15 is 0 Å². The third kappa shape index (κ3) is 2.87. The molecule has 0 spiro atoms. The fourth-order valence-corrected chi connectivity index (χ4v) is 2.76. The van der Waals surface area contributed by atoms with Gasteiger partial charge in [-0.2, -0.15) is 0 Å². The Kier molecular flexibility index (Phi) is 4.04. The number of aryl methyl sites for hydroxylation is 2. The van der Waals surface area contributed by atoms with Crippen molar-refractivity contribution in [2.45, 2.75) is 32.7 Å². The maximum atomic E-state index is 11.7. The molecule has 1 aromatic rings. The number of anilines is 1. The minimum atomic E-state index is -0.397. The zero-order valence-corrected chi connectivity index (χ0v) is 11.9. The Morgan fingerprint density at radius 3 is 2.89 bits per heavy atom. The van der Waals surface area contributed by atoms with Crippen LogP contribution in [0.3, 0.4) is 0 Å². The van der Waals surface area contributed by atoms with Gasteiger partial charge in [0.05, 0.1) is 5.56 Å². The van der Waals surface area contributed by atoms with Gasteiger partial charge in [0.1, 0.15) is 5.82 Å². The van der Waals surface area contributed by atoms with Gasteiger partial charge in [-0.1, -0.05) is 0 Å². The van der Waals surface area contributed by atoms with Crippen LogP contribution < -0.4 is 16.0 Å². The Morgan fingerprint density at radius 1 is 1.53 bits per heavy atom. The van der Waals surface area contributed by atoms with Crippen LogP contribution in [0, 0.1) is 13.8 Å². The molecule has 104 valence electrons. The van der Waals surface area contributed by atoms with Gasteiger partial charge in [-0.15, -0.1) is 0 Å². The number of rotatable bonds is 3. The predicted octanol–water partition coefficient (Wildman–Crippen LogP) is 0.986. The van der Waals surface area contributed by atoms with Crippen molar-refractivity contribution in [2.75, 3.05) is 25.0 Å². The lowest BCUT2D eigenvalue weighted by molar-refractivity contribution is 0.0999. The topological polar surface area (TPSA) is 71.2 Å². The summed E-state index contributed by atoms with van der Waals surface area (Å²) in [6, 6.07) is 2.35. The first-order valence-corrected chi connectivity index (χ1v) is 6.73. The number of hydrogen-bond acceptors (Lipinski definition) is 4. The molecule has 2 heterocycles. The van der Waals surface area contributed by atoms with E-state index in [1.54, 1.807) is 0 Å². The molecule has 5 nitrogen and oxygen atoms in total. The molecule has 1 saturated heterocycles. The first-order chi connectivity index (χ1) is 9.02. The highest BCUT2D eigenvalue weighted by atomic mass is 16.1. The molecule has 0 aliphatic carbocycles. The van der Waals surface area contributed by atoms with E-state index in [-0.39, 0.29) is 0 Å². The molecule has 5 heteroatoms. The lowest BCUT2D eigenvalue weighted by Crippen LogP contribution is -2.45. The Hall–Kier alpha value is -1.62. The van der Waals surface area contributed by atoms with E-state index in [0.717, 1.165) is 43.0 Å². The molecule has 0 saturated carbocycles. The van der Waals surface area contributed by atoms with Crippen LogP contribution in [0.2, 0.25) is 0 Å². The summed E-state index contributed by atoms with van der Waals surface area (Å²) in [5.41, 5.74) is 7.90. The smallest absolute Gasteiger partial charge is 0.252 e. The van der Waals surface area contributed by atoms with E-state index in [1.165, 1.54) is 0 Å². The van der Waals surface area contributed by atoms with Crippen molar-refractivity contribution >= 4 is 11.7 Å². The lowest BCUT2D eigenvalue weighted by atomic mass is 10.0. The number of piperidine rings is 1. The van der Waals surface area contributed by atoms with Gasteiger partial charge >= 0.3 is 0 Å². The fourth-order valence-electron chi connectivity index (χ4n) is 2.76. The van der Waals surface area contributed by atoms with E-state index in [9.17, 15) is 4.79 Å². The molecule has 2 rings (SSSR count). The normalized spacial score (nSPS) is 19.5. The van der Waals surface area contributed by atoms with Gasteiger partial charge in [-0.3, -0.25) is 4.79 Å². The second-order valence-corrected chi connectivity index (χ2v) is 5.22. The standard InChI is InChI=1S/C14H22N4O/c1-9-7-10(2)17-14(12(9)13(15)19)18-6-4-5-11(8-18)16-3/h7,11,16H,4-6,8H2,1-3H3,(H2,15,19). The van der Waals surface area contributed by atoms with Crippen LogP contribution in [0.1, 0.15) is 34.5 Å². The summed E-state index contributed by atoms with van der Waals surface area (Å²) in [5.74, 6) is 0.344. The van der Waals surface area contributed by atoms with E-state index in [1.807, 2.05) is 27.0 Å². The molecule has 0 radical (unpaired) electrons. The molecule has 0 bridgehead atoms. The van der Waals surface area contributed by atoms with Crippen LogP contribution in [-0.4, -0.2) is 37.1 Å². The van der Waals surface area contributed by atoms with Crippen LogP contribution in [0.4, 0.5) is 5.82 Å². The van der Waals surface area contributed by atoms with Gasteiger partial charge in [-0.25, -0.2) is 4.98 Å². The number of nitrogens with one attached hydrogen (secondary N) is 1. The molecule has 1 unspecified atom stereocenters. The number of carbonyl (C=O) groups is 1. The molecular weight excluding hydrogens is 240 g/mol. The third-order valence-corrected chi connectivity index (χ3v) is 3.70. The number of nitrogens with two attached hydrogens (primary N) is 1. The van der Waals surface area contributed by atoms with Gasteiger partial charge < -0.3 is 16.0 Å². The highest BCUT2D eigenvalue weighted by Crippen LogP contribution is 2.25. The largest absolute Gasteiger partial charge is 0.365 e. The summed E-state index contributed by atoms with van der Waals surface area (Å²) in [6.45, 7) is 5.65. The third-order valence-electron chi connectivity index (χ3n) is 3.70. The summed E-state index contributed by atoms with van der Waals surface area (Å²) >= 11 is 0. The number of nitrogens with zero attached hydrogens (tertiary/aromatic N) is 2. The SMILES string of the molecule is CNC1CCCN(c2nc(C)cc(C)c2C(N)=O)C1. The Labute approximate surface area is 114 Å². The van der Waals surface area contributed by atoms with Crippen molar-refractivity contribution in [3.05, 3.63) is 22.9 Å². The molecule has 1 atom stereocenters. The summed E-state index contributed by atoms with van der Waals surface area (Å²) in [5, 5.41) is 3.30. The van der Waals surface area contributed by atoms with Gasteiger partial charge in [-0.05, 0) is 45.4 Å². The van der Waals surface area contributed by atoms with Crippen molar-refractivity contribution in [3.8, 4) is 0 Å². The number of hydrogen-bond donors (Lipinski definition) is 2. The van der Waals surface area contributed by atoms with Crippen molar-refractivity contribution in [1.29, 1.82) is 0 Å². The maximum absolute atomic E-state index is 11.7. The van der Waals surface area contributed by atoms with Crippen LogP contribution in [0.25, 0.3) is 0 Å². The molecule has 3 N–H and O–H groups in total. The van der Waals surface area contributed by atoms with Crippen molar-refractivity contribution in [2.24, 2.45) is 5.73 Å². The van der Waals surface area contributed by atoms with Gasteiger partial charge in [0.25, 0.3) is 5.91 Å². The lowest BCUT2D eigenvalue weighted by Gasteiger charge is -2.34. The summed E-state index contributed by atoms with van der Waals surface area (Å²) in [4.78, 5) is 18.4. The minimum Gasteiger partial charge on any atom is -0.365 e. The summed E-state index contributed by atoms with van der Waals surface area (Å²) in [6.07, 6.45) is 2.25. The highest BCUT2D eigenvalue weighted by Gasteiger charge is 2.24. The Bertz CT molecular complexity index is 487. The maximum Gasteiger partial charge on any atom is 0.252 e. The van der Waals surface area contributed by atoms with Crippen LogP contribution in [0.5, 0.6) is 0 Å². The Morgan fingerprint density at radius 2 is 2.26 bits per heavy atom. The molecule has 19 heavy (non-hydrogen) atoms. The number of primary amides is 1. The molecule has 1 aliphatic heterocycles. The average Bonchev–Trinajstić information content (AvgIpc) is 2.37. The van der Waals surface area contributed by atoms with Crippen molar-refractivity contribution in [3.63, 3.8) is 0 Å². The van der Waals surface area contributed by atoms with E-state index in [4.69, 9.17) is 5.73 Å². The zero-order valence-electron chi connectivity index (χ0n) is 11.9. The van der Waals surface area contributed by atoms with E-state index < -0.39 is 5.91 Å². The monoisotopic (exact) mass is 262 g/mol. The van der Waals surface area contributed by atoms with E-state index in [2.05, 4.69) is 15.2 Å². The molecule has 1 fully saturated rings.